The van der Waals surface area contributed by atoms with Crippen LogP contribution < -0.4 is 0 Å². The molecule has 0 heterocycles. The summed E-state index contributed by atoms with van der Waals surface area (Å²) in [6.07, 6.45) is 3.96. The zero-order valence-electron chi connectivity index (χ0n) is 9.54. The molecule has 0 unspecified atom stereocenters. The summed E-state index contributed by atoms with van der Waals surface area (Å²) in [5, 5.41) is 0. The van der Waals surface area contributed by atoms with Gasteiger partial charge in [-0.15, -0.1) is 0 Å². The minimum Gasteiger partial charge on any atom is -0.211 e. The molecular formula is C13H13F2NO. The number of benzene rings is 1. The normalized spacial score (nSPS) is 18.1. The van der Waals surface area contributed by atoms with Crippen LogP contribution in [0.5, 0.6) is 0 Å². The van der Waals surface area contributed by atoms with Gasteiger partial charge in [0, 0.05) is 12.5 Å². The summed E-state index contributed by atoms with van der Waals surface area (Å²) in [6.45, 7) is 0.864. The zero-order valence-corrected chi connectivity index (χ0v) is 9.54. The molecule has 1 aromatic carbocycles. The fraction of sp³-hybridized carbons (Fsp3) is 0.462. The van der Waals surface area contributed by atoms with E-state index in [9.17, 15) is 13.6 Å². The van der Waals surface area contributed by atoms with Crippen LogP contribution in [0.4, 0.5) is 8.78 Å². The maximum atomic E-state index is 13.2. The van der Waals surface area contributed by atoms with E-state index in [0.717, 1.165) is 26.2 Å². The maximum Gasteiger partial charge on any atom is 0.270 e. The molecule has 0 saturated heterocycles. The quantitative estimate of drug-likeness (QED) is 0.584. The average molecular weight is 237 g/mol. The Balaban J connectivity index is 2.43. The van der Waals surface area contributed by atoms with Crippen LogP contribution >= 0.6 is 0 Å². The Morgan fingerprint density at radius 2 is 2.12 bits per heavy atom. The molecule has 0 aromatic heterocycles. The number of hydrogen-bond acceptors (Lipinski definition) is 2. The Labute approximate surface area is 98.4 Å². The van der Waals surface area contributed by atoms with Gasteiger partial charge in [0.2, 0.25) is 6.08 Å². The van der Waals surface area contributed by atoms with Gasteiger partial charge >= 0.3 is 0 Å². The van der Waals surface area contributed by atoms with E-state index in [1.165, 1.54) is 12.1 Å². The molecule has 1 aliphatic rings. The van der Waals surface area contributed by atoms with Gasteiger partial charge in [0.05, 0.1) is 5.54 Å². The first-order chi connectivity index (χ1) is 7.98. The highest BCUT2D eigenvalue weighted by Gasteiger charge is 2.39. The number of nitrogens with zero attached hydrogens (tertiary/aromatic N) is 1. The first kappa shape index (κ1) is 11.9. The fourth-order valence-corrected chi connectivity index (χ4v) is 2.15. The second kappa shape index (κ2) is 4.04. The molecule has 1 aromatic rings. The molecule has 0 radical (unpaired) electrons. The van der Waals surface area contributed by atoms with Crippen molar-refractivity contribution >= 4 is 6.08 Å². The number of rotatable bonds is 3. The van der Waals surface area contributed by atoms with Crippen molar-refractivity contribution in [1.82, 2.24) is 0 Å². The van der Waals surface area contributed by atoms with E-state index < -0.39 is 11.5 Å². The van der Waals surface area contributed by atoms with Crippen molar-refractivity contribution < 1.29 is 13.6 Å². The van der Waals surface area contributed by atoms with E-state index in [2.05, 4.69) is 4.99 Å². The third-order valence-electron chi connectivity index (χ3n) is 3.35. The summed E-state index contributed by atoms with van der Waals surface area (Å²) >= 11 is 0. The number of isocyanates is 1. The second-order valence-corrected chi connectivity index (χ2v) is 4.56. The van der Waals surface area contributed by atoms with Crippen molar-refractivity contribution in [3.63, 3.8) is 0 Å². The minimum atomic E-state index is -2.87. The van der Waals surface area contributed by atoms with E-state index in [-0.39, 0.29) is 5.56 Å². The van der Waals surface area contributed by atoms with Crippen LogP contribution in [0.25, 0.3) is 0 Å². The molecule has 0 amide bonds. The molecule has 0 bridgehead atoms. The van der Waals surface area contributed by atoms with Gasteiger partial charge in [-0.1, -0.05) is 18.2 Å². The minimum absolute atomic E-state index is 0.0395. The van der Waals surface area contributed by atoms with Crippen LogP contribution in [-0.4, -0.2) is 6.08 Å². The molecule has 1 saturated carbocycles. The number of aliphatic imine (C=N–C) groups is 1. The van der Waals surface area contributed by atoms with Crippen LogP contribution in [0.15, 0.2) is 29.3 Å². The van der Waals surface area contributed by atoms with Gasteiger partial charge in [-0.05, 0) is 30.9 Å². The van der Waals surface area contributed by atoms with Crippen molar-refractivity contribution in [3.8, 4) is 0 Å². The average Bonchev–Trinajstić information content (AvgIpc) is 2.22. The van der Waals surface area contributed by atoms with Gasteiger partial charge in [-0.3, -0.25) is 0 Å². The molecule has 90 valence electrons. The van der Waals surface area contributed by atoms with Gasteiger partial charge in [0.25, 0.3) is 5.92 Å². The third-order valence-corrected chi connectivity index (χ3v) is 3.35. The highest BCUT2D eigenvalue weighted by molar-refractivity contribution is 5.41. The Bertz CT molecular complexity index is 469. The lowest BCUT2D eigenvalue weighted by atomic mass is 9.72. The van der Waals surface area contributed by atoms with Crippen molar-refractivity contribution in [2.75, 3.05) is 0 Å². The van der Waals surface area contributed by atoms with Crippen molar-refractivity contribution in [2.24, 2.45) is 4.99 Å². The summed E-state index contributed by atoms with van der Waals surface area (Å²) in [4.78, 5) is 14.2. The van der Waals surface area contributed by atoms with Crippen molar-refractivity contribution in [1.29, 1.82) is 0 Å². The maximum absolute atomic E-state index is 13.2. The first-order valence-electron chi connectivity index (χ1n) is 5.56. The highest BCUT2D eigenvalue weighted by Crippen LogP contribution is 2.45. The Morgan fingerprint density at radius 3 is 2.59 bits per heavy atom. The van der Waals surface area contributed by atoms with Gasteiger partial charge < -0.3 is 0 Å². The molecule has 4 heteroatoms. The summed E-state index contributed by atoms with van der Waals surface area (Å²) < 4.78 is 26.4. The third kappa shape index (κ3) is 2.13. The molecule has 17 heavy (non-hydrogen) atoms. The first-order valence-corrected chi connectivity index (χ1v) is 5.56. The molecule has 0 spiro atoms. The predicted molar refractivity (Wildman–Crippen MR) is 59.7 cm³/mol. The lowest BCUT2D eigenvalue weighted by Gasteiger charge is -2.37. The van der Waals surface area contributed by atoms with Crippen molar-refractivity contribution in [3.05, 3.63) is 35.4 Å². The van der Waals surface area contributed by atoms with E-state index in [1.54, 1.807) is 18.2 Å². The van der Waals surface area contributed by atoms with Crippen LogP contribution in [0.2, 0.25) is 0 Å². The molecule has 2 nitrogen and oxygen atoms in total. The fourth-order valence-electron chi connectivity index (χ4n) is 2.15. The van der Waals surface area contributed by atoms with Gasteiger partial charge in [0.1, 0.15) is 0 Å². The van der Waals surface area contributed by atoms with E-state index in [1.807, 2.05) is 0 Å². The van der Waals surface area contributed by atoms with Gasteiger partial charge in [0.15, 0.2) is 0 Å². The van der Waals surface area contributed by atoms with E-state index in [4.69, 9.17) is 0 Å². The summed E-state index contributed by atoms with van der Waals surface area (Å²) in [5.41, 5.74) is 0.0386. The molecule has 0 aliphatic heterocycles. The van der Waals surface area contributed by atoms with Crippen LogP contribution in [0, 0.1) is 0 Å². The molecule has 2 rings (SSSR count). The molecular weight excluding hydrogens is 224 g/mol. The summed E-state index contributed by atoms with van der Waals surface area (Å²) in [7, 11) is 0. The zero-order chi connectivity index (χ0) is 12.5. The second-order valence-electron chi connectivity index (χ2n) is 4.56. The molecule has 1 fully saturated rings. The van der Waals surface area contributed by atoms with Gasteiger partial charge in [-0.25, -0.2) is 13.6 Å². The van der Waals surface area contributed by atoms with Crippen LogP contribution in [-0.2, 0) is 16.3 Å². The lowest BCUT2D eigenvalue weighted by Crippen LogP contribution is -2.32. The lowest BCUT2D eigenvalue weighted by molar-refractivity contribution is 0.0172. The standard InChI is InChI=1S/C13H13F2NO/c1-12(14,15)10-4-2-5-11(8-10)13(16-9-17)6-3-7-13/h2,4-5,8H,3,6-7H2,1H3. The Kier molecular flexibility index (Phi) is 2.84. The largest absolute Gasteiger partial charge is 0.270 e. The SMILES string of the molecule is CC(F)(F)c1cccc(C2(N=C=O)CCC2)c1. The smallest absolute Gasteiger partial charge is 0.211 e. The monoisotopic (exact) mass is 237 g/mol. The van der Waals surface area contributed by atoms with Crippen LogP contribution in [0.1, 0.15) is 37.3 Å². The predicted octanol–water partition coefficient (Wildman–Crippen LogP) is 3.51. The van der Waals surface area contributed by atoms with Crippen molar-refractivity contribution in [2.45, 2.75) is 37.6 Å². The Hall–Kier alpha value is -1.54. The Morgan fingerprint density at radius 1 is 1.41 bits per heavy atom. The van der Waals surface area contributed by atoms with E-state index >= 15 is 0 Å². The van der Waals surface area contributed by atoms with Crippen LogP contribution in [0.3, 0.4) is 0 Å². The molecule has 0 atom stereocenters. The number of alkyl halides is 2. The molecule has 1 aliphatic carbocycles. The summed E-state index contributed by atoms with van der Waals surface area (Å²) in [5.74, 6) is -2.87. The number of halogens is 2. The van der Waals surface area contributed by atoms with E-state index in [0.29, 0.717) is 5.56 Å². The summed E-state index contributed by atoms with van der Waals surface area (Å²) in [6, 6.07) is 6.16. The van der Waals surface area contributed by atoms with Gasteiger partial charge in [-0.2, -0.15) is 4.99 Å². The highest BCUT2D eigenvalue weighted by atomic mass is 19.3. The molecule has 0 N–H and O–H groups in total. The topological polar surface area (TPSA) is 29.4 Å². The number of carbonyl (C=O) groups excluding carboxylic acids is 1. The number of hydrogen-bond donors (Lipinski definition) is 0.